The fourth-order valence-corrected chi connectivity index (χ4v) is 3.18. The molecule has 1 saturated carbocycles. The highest BCUT2D eigenvalue weighted by atomic mass is 16.5. The van der Waals surface area contributed by atoms with Gasteiger partial charge in [-0.1, -0.05) is 26.7 Å². The number of hydrogen-bond donors (Lipinski definition) is 1. The topological polar surface area (TPSA) is 34.1 Å². The molecule has 0 aromatic carbocycles. The van der Waals surface area contributed by atoms with E-state index in [1.807, 2.05) is 19.9 Å². The second-order valence-corrected chi connectivity index (χ2v) is 6.88. The van der Waals surface area contributed by atoms with Crippen LogP contribution in [0.25, 0.3) is 0 Å². The second kappa shape index (κ2) is 7.67. The van der Waals surface area contributed by atoms with Gasteiger partial charge in [0.15, 0.2) is 0 Å². The molecule has 1 fully saturated rings. The summed E-state index contributed by atoms with van der Waals surface area (Å²) in [6, 6.07) is 4.60. The van der Waals surface area contributed by atoms with Crippen molar-refractivity contribution in [1.29, 1.82) is 0 Å². The molecule has 0 aliphatic heterocycles. The van der Waals surface area contributed by atoms with Crippen LogP contribution >= 0.6 is 0 Å². The van der Waals surface area contributed by atoms with Gasteiger partial charge in [0.2, 0.25) is 5.88 Å². The van der Waals surface area contributed by atoms with Crippen LogP contribution in [-0.2, 0) is 0 Å². The van der Waals surface area contributed by atoms with Crippen LogP contribution in [0.15, 0.2) is 18.3 Å². The van der Waals surface area contributed by atoms with E-state index in [0.29, 0.717) is 6.04 Å². The molecule has 1 aromatic rings. The molecule has 1 aliphatic carbocycles. The molecule has 1 aliphatic rings. The van der Waals surface area contributed by atoms with Crippen molar-refractivity contribution in [2.45, 2.75) is 71.9 Å². The Morgan fingerprint density at radius 3 is 2.67 bits per heavy atom. The Kier molecular flexibility index (Phi) is 5.89. The zero-order chi connectivity index (χ0) is 15.2. The Labute approximate surface area is 129 Å². The van der Waals surface area contributed by atoms with E-state index in [-0.39, 0.29) is 6.10 Å². The minimum absolute atomic E-state index is 0.153. The van der Waals surface area contributed by atoms with E-state index >= 15 is 0 Å². The van der Waals surface area contributed by atoms with E-state index in [1.54, 1.807) is 6.20 Å². The van der Waals surface area contributed by atoms with Crippen molar-refractivity contribution in [3.63, 3.8) is 0 Å². The average molecular weight is 290 g/mol. The summed E-state index contributed by atoms with van der Waals surface area (Å²) < 4.78 is 5.80. The monoisotopic (exact) mass is 290 g/mol. The number of nitrogens with one attached hydrogen (secondary N) is 1. The molecule has 0 radical (unpaired) electrons. The first-order chi connectivity index (χ1) is 10.1. The van der Waals surface area contributed by atoms with Gasteiger partial charge in [-0.3, -0.25) is 0 Å². The van der Waals surface area contributed by atoms with Crippen LogP contribution in [0.2, 0.25) is 0 Å². The van der Waals surface area contributed by atoms with E-state index in [1.165, 1.54) is 32.1 Å². The van der Waals surface area contributed by atoms with Crippen molar-refractivity contribution in [1.82, 2.24) is 4.98 Å². The van der Waals surface area contributed by atoms with Crippen molar-refractivity contribution < 1.29 is 4.74 Å². The lowest BCUT2D eigenvalue weighted by Crippen LogP contribution is -2.20. The molecule has 1 N–H and O–H groups in total. The predicted octanol–water partition coefficient (Wildman–Crippen LogP) is 4.89. The normalized spacial score (nSPS) is 23.1. The SMILES string of the molecule is CC(C)Oc1ncccc1NC1CCCC(C(C)C)CC1. The smallest absolute Gasteiger partial charge is 0.237 e. The molecule has 0 amide bonds. The van der Waals surface area contributed by atoms with Crippen molar-refractivity contribution >= 4 is 5.69 Å². The van der Waals surface area contributed by atoms with Crippen LogP contribution in [0.1, 0.15) is 59.8 Å². The van der Waals surface area contributed by atoms with Crippen LogP contribution < -0.4 is 10.1 Å². The summed E-state index contributed by atoms with van der Waals surface area (Å²) in [6.45, 7) is 8.79. The van der Waals surface area contributed by atoms with Crippen molar-refractivity contribution in [3.8, 4) is 5.88 Å². The predicted molar refractivity (Wildman–Crippen MR) is 88.8 cm³/mol. The molecular weight excluding hydrogens is 260 g/mol. The maximum atomic E-state index is 5.80. The van der Waals surface area contributed by atoms with E-state index in [9.17, 15) is 0 Å². The molecule has 1 aromatic heterocycles. The van der Waals surface area contributed by atoms with Crippen LogP contribution in [-0.4, -0.2) is 17.1 Å². The maximum Gasteiger partial charge on any atom is 0.237 e. The van der Waals surface area contributed by atoms with Crippen molar-refractivity contribution in [2.75, 3.05) is 5.32 Å². The van der Waals surface area contributed by atoms with Crippen molar-refractivity contribution in [3.05, 3.63) is 18.3 Å². The van der Waals surface area contributed by atoms with E-state index < -0.39 is 0 Å². The first-order valence-corrected chi connectivity index (χ1v) is 8.44. The summed E-state index contributed by atoms with van der Waals surface area (Å²) in [5.41, 5.74) is 1.04. The average Bonchev–Trinajstić information content (AvgIpc) is 2.66. The van der Waals surface area contributed by atoms with Gasteiger partial charge in [0, 0.05) is 12.2 Å². The van der Waals surface area contributed by atoms with E-state index in [2.05, 4.69) is 30.2 Å². The van der Waals surface area contributed by atoms with E-state index in [0.717, 1.165) is 23.4 Å². The summed E-state index contributed by atoms with van der Waals surface area (Å²) in [4.78, 5) is 4.37. The van der Waals surface area contributed by atoms with Gasteiger partial charge in [-0.25, -0.2) is 4.98 Å². The molecule has 21 heavy (non-hydrogen) atoms. The number of pyridine rings is 1. The Bertz CT molecular complexity index is 431. The molecule has 2 rings (SSSR count). The van der Waals surface area contributed by atoms with Gasteiger partial charge in [-0.2, -0.15) is 0 Å². The number of rotatable bonds is 5. The molecular formula is C18H30N2O. The lowest BCUT2D eigenvalue weighted by atomic mass is 9.89. The number of anilines is 1. The molecule has 118 valence electrons. The highest BCUT2D eigenvalue weighted by molar-refractivity contribution is 5.52. The third kappa shape index (κ3) is 4.90. The fraction of sp³-hybridized carbons (Fsp3) is 0.722. The first-order valence-electron chi connectivity index (χ1n) is 8.44. The quantitative estimate of drug-likeness (QED) is 0.784. The number of nitrogens with zero attached hydrogens (tertiary/aromatic N) is 1. The summed E-state index contributed by atoms with van der Waals surface area (Å²) in [7, 11) is 0. The van der Waals surface area contributed by atoms with Crippen LogP contribution in [0, 0.1) is 11.8 Å². The highest BCUT2D eigenvalue weighted by Gasteiger charge is 2.21. The zero-order valence-corrected chi connectivity index (χ0v) is 13.9. The van der Waals surface area contributed by atoms with Crippen LogP contribution in [0.5, 0.6) is 5.88 Å². The lowest BCUT2D eigenvalue weighted by Gasteiger charge is -2.21. The molecule has 3 heteroatoms. The fourth-order valence-electron chi connectivity index (χ4n) is 3.18. The van der Waals surface area contributed by atoms with Gasteiger partial charge in [-0.05, 0) is 57.1 Å². The molecule has 0 bridgehead atoms. The third-order valence-electron chi connectivity index (χ3n) is 4.43. The molecule has 1 heterocycles. The molecule has 3 nitrogen and oxygen atoms in total. The van der Waals surface area contributed by atoms with Crippen LogP contribution in [0.4, 0.5) is 5.69 Å². The Balaban J connectivity index is 1.98. The Morgan fingerprint density at radius 2 is 1.95 bits per heavy atom. The standard InChI is InChI=1S/C18H30N2O/c1-13(2)15-7-5-8-16(11-10-15)20-17-9-6-12-19-18(17)21-14(3)4/h6,9,12-16,20H,5,7-8,10-11H2,1-4H3. The van der Waals surface area contributed by atoms with Gasteiger partial charge in [0.25, 0.3) is 0 Å². The second-order valence-electron chi connectivity index (χ2n) is 6.88. The molecule has 2 atom stereocenters. The minimum atomic E-state index is 0.153. The molecule has 2 unspecified atom stereocenters. The van der Waals surface area contributed by atoms with E-state index in [4.69, 9.17) is 4.74 Å². The first kappa shape index (κ1) is 16.1. The summed E-state index contributed by atoms with van der Waals surface area (Å²) in [5.74, 6) is 2.43. The van der Waals surface area contributed by atoms with Gasteiger partial charge in [-0.15, -0.1) is 0 Å². The summed E-state index contributed by atoms with van der Waals surface area (Å²) >= 11 is 0. The maximum absolute atomic E-state index is 5.80. The third-order valence-corrected chi connectivity index (χ3v) is 4.43. The zero-order valence-electron chi connectivity index (χ0n) is 13.9. The van der Waals surface area contributed by atoms with Crippen LogP contribution in [0.3, 0.4) is 0 Å². The minimum Gasteiger partial charge on any atom is -0.473 e. The molecule has 0 spiro atoms. The van der Waals surface area contributed by atoms with Crippen molar-refractivity contribution in [2.24, 2.45) is 11.8 Å². The largest absolute Gasteiger partial charge is 0.473 e. The van der Waals surface area contributed by atoms with Gasteiger partial charge in [0.05, 0.1) is 11.8 Å². The Morgan fingerprint density at radius 1 is 1.14 bits per heavy atom. The van der Waals surface area contributed by atoms with Gasteiger partial charge >= 0.3 is 0 Å². The number of hydrogen-bond acceptors (Lipinski definition) is 3. The number of ether oxygens (including phenoxy) is 1. The number of aromatic nitrogens is 1. The highest BCUT2D eigenvalue weighted by Crippen LogP contribution is 2.31. The van der Waals surface area contributed by atoms with Gasteiger partial charge < -0.3 is 10.1 Å². The molecule has 0 saturated heterocycles. The van der Waals surface area contributed by atoms with Gasteiger partial charge in [0.1, 0.15) is 0 Å². The summed E-state index contributed by atoms with van der Waals surface area (Å²) in [5, 5.41) is 3.67. The lowest BCUT2D eigenvalue weighted by molar-refractivity contribution is 0.233. The Hall–Kier alpha value is -1.25. The summed E-state index contributed by atoms with van der Waals surface area (Å²) in [6.07, 6.45) is 8.47.